The average Bonchev–Trinajstić information content (AvgIpc) is 2.67. The van der Waals surface area contributed by atoms with Gasteiger partial charge in [0.1, 0.15) is 0 Å². The van der Waals surface area contributed by atoms with Crippen molar-refractivity contribution in [2.24, 2.45) is 5.92 Å². The molecule has 1 aliphatic heterocycles. The molecule has 126 valence electrons. The topological polar surface area (TPSA) is 80.2 Å². The molecule has 3 heterocycles. The SMILES string of the molecule is COc1ccnc(N2CCCC(CNC(=O)c3ccncc3)C2)n1. The van der Waals surface area contributed by atoms with Crippen molar-refractivity contribution in [3.05, 3.63) is 42.4 Å². The van der Waals surface area contributed by atoms with E-state index in [9.17, 15) is 4.79 Å². The first-order valence-electron chi connectivity index (χ1n) is 8.06. The van der Waals surface area contributed by atoms with Crippen molar-refractivity contribution < 1.29 is 9.53 Å². The van der Waals surface area contributed by atoms with Crippen molar-refractivity contribution in [3.63, 3.8) is 0 Å². The lowest BCUT2D eigenvalue weighted by Crippen LogP contribution is -2.41. The van der Waals surface area contributed by atoms with E-state index in [1.54, 1.807) is 43.9 Å². The van der Waals surface area contributed by atoms with Crippen LogP contribution in [0.1, 0.15) is 23.2 Å². The lowest BCUT2D eigenvalue weighted by atomic mass is 9.98. The summed E-state index contributed by atoms with van der Waals surface area (Å²) < 4.78 is 5.16. The van der Waals surface area contributed by atoms with E-state index in [0.717, 1.165) is 25.9 Å². The fourth-order valence-electron chi connectivity index (χ4n) is 2.85. The third-order valence-electron chi connectivity index (χ3n) is 4.12. The van der Waals surface area contributed by atoms with Crippen LogP contribution < -0.4 is 15.0 Å². The molecule has 2 aromatic heterocycles. The molecule has 24 heavy (non-hydrogen) atoms. The van der Waals surface area contributed by atoms with Gasteiger partial charge in [-0.15, -0.1) is 0 Å². The molecule has 0 bridgehead atoms. The molecule has 0 radical (unpaired) electrons. The molecular weight excluding hydrogens is 306 g/mol. The second kappa shape index (κ2) is 7.72. The molecule has 2 aromatic rings. The van der Waals surface area contributed by atoms with Gasteiger partial charge in [-0.05, 0) is 30.9 Å². The van der Waals surface area contributed by atoms with Crippen LogP contribution in [0.15, 0.2) is 36.8 Å². The van der Waals surface area contributed by atoms with Crippen LogP contribution in [0.3, 0.4) is 0 Å². The van der Waals surface area contributed by atoms with E-state index in [4.69, 9.17) is 4.74 Å². The Balaban J connectivity index is 1.56. The number of carbonyl (C=O) groups excluding carboxylic acids is 1. The molecule has 7 nitrogen and oxygen atoms in total. The highest BCUT2D eigenvalue weighted by Crippen LogP contribution is 2.21. The van der Waals surface area contributed by atoms with Crippen molar-refractivity contribution in [2.75, 3.05) is 31.6 Å². The summed E-state index contributed by atoms with van der Waals surface area (Å²) in [7, 11) is 1.60. The molecule has 7 heteroatoms. The van der Waals surface area contributed by atoms with E-state index in [1.165, 1.54) is 0 Å². The molecule has 3 rings (SSSR count). The number of aromatic nitrogens is 3. The number of rotatable bonds is 5. The molecule has 1 amide bonds. The highest BCUT2D eigenvalue weighted by atomic mass is 16.5. The summed E-state index contributed by atoms with van der Waals surface area (Å²) in [6, 6.07) is 5.17. The Bertz CT molecular complexity index is 680. The fraction of sp³-hybridized carbons (Fsp3) is 0.412. The summed E-state index contributed by atoms with van der Waals surface area (Å²) in [5, 5.41) is 3.00. The van der Waals surface area contributed by atoms with Gasteiger partial charge in [-0.1, -0.05) is 0 Å². The van der Waals surface area contributed by atoms with Crippen LogP contribution in [-0.2, 0) is 0 Å². The summed E-state index contributed by atoms with van der Waals surface area (Å²) in [6.07, 6.45) is 7.08. The van der Waals surface area contributed by atoms with Gasteiger partial charge in [-0.2, -0.15) is 4.98 Å². The van der Waals surface area contributed by atoms with Gasteiger partial charge in [-0.3, -0.25) is 9.78 Å². The van der Waals surface area contributed by atoms with Crippen LogP contribution in [-0.4, -0.2) is 47.6 Å². The summed E-state index contributed by atoms with van der Waals surface area (Å²) in [4.78, 5) is 26.9. The average molecular weight is 327 g/mol. The minimum atomic E-state index is -0.0628. The van der Waals surface area contributed by atoms with E-state index in [2.05, 4.69) is 25.2 Å². The largest absolute Gasteiger partial charge is 0.481 e. The van der Waals surface area contributed by atoms with Gasteiger partial charge in [0.15, 0.2) is 0 Å². The van der Waals surface area contributed by atoms with Crippen LogP contribution in [0, 0.1) is 5.92 Å². The van der Waals surface area contributed by atoms with E-state index in [-0.39, 0.29) is 5.91 Å². The molecule has 1 atom stereocenters. The normalized spacial score (nSPS) is 17.4. The maximum absolute atomic E-state index is 12.1. The quantitative estimate of drug-likeness (QED) is 0.897. The third-order valence-corrected chi connectivity index (χ3v) is 4.12. The van der Waals surface area contributed by atoms with Crippen LogP contribution >= 0.6 is 0 Å². The number of ether oxygens (including phenoxy) is 1. The van der Waals surface area contributed by atoms with E-state index in [1.807, 2.05) is 0 Å². The van der Waals surface area contributed by atoms with Gasteiger partial charge in [0.05, 0.1) is 7.11 Å². The van der Waals surface area contributed by atoms with E-state index in [0.29, 0.717) is 29.9 Å². The molecule has 0 aromatic carbocycles. The number of pyridine rings is 1. The molecule has 1 unspecified atom stereocenters. The molecule has 0 saturated carbocycles. The van der Waals surface area contributed by atoms with Gasteiger partial charge in [0, 0.05) is 49.9 Å². The Morgan fingerprint density at radius 2 is 2.17 bits per heavy atom. The Morgan fingerprint density at radius 3 is 2.96 bits per heavy atom. The van der Waals surface area contributed by atoms with Gasteiger partial charge in [-0.25, -0.2) is 4.98 Å². The number of nitrogens with one attached hydrogen (secondary N) is 1. The van der Waals surface area contributed by atoms with Gasteiger partial charge in [0.25, 0.3) is 5.91 Å². The standard InChI is InChI=1S/C17H21N5O2/c1-24-15-6-9-19-17(21-15)22-10-2-3-13(12-22)11-20-16(23)14-4-7-18-8-5-14/h4-9,13H,2-3,10-12H2,1H3,(H,20,23). The molecule has 1 fully saturated rings. The predicted molar refractivity (Wildman–Crippen MR) is 90.1 cm³/mol. The van der Waals surface area contributed by atoms with Crippen LogP contribution in [0.25, 0.3) is 0 Å². The van der Waals surface area contributed by atoms with Gasteiger partial charge >= 0.3 is 0 Å². The zero-order chi connectivity index (χ0) is 16.8. The Labute approximate surface area is 141 Å². The lowest BCUT2D eigenvalue weighted by molar-refractivity contribution is 0.0945. The Hall–Kier alpha value is -2.70. The highest BCUT2D eigenvalue weighted by molar-refractivity contribution is 5.93. The summed E-state index contributed by atoms with van der Waals surface area (Å²) >= 11 is 0. The zero-order valence-electron chi connectivity index (χ0n) is 13.7. The van der Waals surface area contributed by atoms with Crippen LogP contribution in [0.5, 0.6) is 5.88 Å². The fourth-order valence-corrected chi connectivity index (χ4v) is 2.85. The Morgan fingerprint density at radius 1 is 1.33 bits per heavy atom. The van der Waals surface area contributed by atoms with Crippen molar-refractivity contribution in [1.82, 2.24) is 20.3 Å². The van der Waals surface area contributed by atoms with Crippen molar-refractivity contribution in [1.29, 1.82) is 0 Å². The first kappa shape index (κ1) is 16.2. The number of piperidine rings is 1. The molecule has 1 N–H and O–H groups in total. The number of carbonyl (C=O) groups is 1. The van der Waals surface area contributed by atoms with Crippen LogP contribution in [0.2, 0.25) is 0 Å². The molecule has 1 saturated heterocycles. The van der Waals surface area contributed by atoms with E-state index >= 15 is 0 Å². The lowest BCUT2D eigenvalue weighted by Gasteiger charge is -2.32. The maximum Gasteiger partial charge on any atom is 0.251 e. The molecular formula is C17H21N5O2. The zero-order valence-corrected chi connectivity index (χ0v) is 13.7. The maximum atomic E-state index is 12.1. The predicted octanol–water partition coefficient (Wildman–Crippen LogP) is 1.53. The number of anilines is 1. The smallest absolute Gasteiger partial charge is 0.251 e. The second-order valence-electron chi connectivity index (χ2n) is 5.80. The third kappa shape index (κ3) is 3.98. The molecule has 1 aliphatic rings. The van der Waals surface area contributed by atoms with Gasteiger partial charge < -0.3 is 15.0 Å². The Kier molecular flexibility index (Phi) is 5.20. The van der Waals surface area contributed by atoms with Crippen molar-refractivity contribution in [3.8, 4) is 5.88 Å². The minimum absolute atomic E-state index is 0.0628. The van der Waals surface area contributed by atoms with E-state index < -0.39 is 0 Å². The number of methoxy groups -OCH3 is 1. The van der Waals surface area contributed by atoms with Gasteiger partial charge in [0.2, 0.25) is 11.8 Å². The first-order valence-corrected chi connectivity index (χ1v) is 8.06. The first-order chi connectivity index (χ1) is 11.8. The molecule has 0 spiro atoms. The minimum Gasteiger partial charge on any atom is -0.481 e. The summed E-state index contributed by atoms with van der Waals surface area (Å²) in [5.74, 6) is 1.55. The van der Waals surface area contributed by atoms with Crippen molar-refractivity contribution in [2.45, 2.75) is 12.8 Å². The number of hydrogen-bond acceptors (Lipinski definition) is 6. The summed E-state index contributed by atoms with van der Waals surface area (Å²) in [5.41, 5.74) is 0.633. The summed E-state index contributed by atoms with van der Waals surface area (Å²) in [6.45, 7) is 2.38. The highest BCUT2D eigenvalue weighted by Gasteiger charge is 2.22. The van der Waals surface area contributed by atoms with Crippen molar-refractivity contribution >= 4 is 11.9 Å². The number of hydrogen-bond donors (Lipinski definition) is 1. The number of nitrogens with zero attached hydrogens (tertiary/aromatic N) is 4. The monoisotopic (exact) mass is 327 g/mol. The second-order valence-corrected chi connectivity index (χ2v) is 5.80. The van der Waals surface area contributed by atoms with Crippen LogP contribution in [0.4, 0.5) is 5.95 Å². The number of amides is 1. The molecule has 0 aliphatic carbocycles.